The van der Waals surface area contributed by atoms with Gasteiger partial charge in [-0.25, -0.2) is 4.79 Å². The molecule has 1 atom stereocenters. The molecule has 6 nitrogen and oxygen atoms in total. The number of hydrogen-bond donors (Lipinski definition) is 2. The Balaban J connectivity index is 3.57. The van der Waals surface area contributed by atoms with Crippen LogP contribution in [0.5, 0.6) is 0 Å². The zero-order chi connectivity index (χ0) is 14.2. The smallest absolute Gasteiger partial charge is 0.407 e. The molecule has 1 unspecified atom stereocenters. The molecule has 2 amide bonds. The van der Waals surface area contributed by atoms with Gasteiger partial charge in [0.25, 0.3) is 0 Å². The van der Waals surface area contributed by atoms with Gasteiger partial charge in [0.05, 0.1) is 0 Å². The highest BCUT2D eigenvalue weighted by Gasteiger charge is 2.15. The molecule has 0 aromatic carbocycles. The highest BCUT2D eigenvalue weighted by molar-refractivity contribution is 5.80. The molecule has 0 aliphatic heterocycles. The molecule has 0 aliphatic carbocycles. The highest BCUT2D eigenvalue weighted by atomic mass is 16.6. The number of carbonyl (C=O) groups excluding carboxylic acids is 2. The number of rotatable bonds is 6. The molecule has 2 N–H and O–H groups in total. The van der Waals surface area contributed by atoms with Crippen molar-refractivity contribution >= 4 is 12.0 Å². The second-order valence-corrected chi connectivity index (χ2v) is 4.95. The van der Waals surface area contributed by atoms with Crippen molar-refractivity contribution in [3.8, 4) is 0 Å². The number of nitrogens with one attached hydrogen (secondary N) is 2. The number of carbonyl (C=O) groups is 2. The summed E-state index contributed by atoms with van der Waals surface area (Å²) in [6, 6.07) is 0. The molecule has 106 valence electrons. The third-order valence-corrected chi connectivity index (χ3v) is 2.04. The maximum Gasteiger partial charge on any atom is 0.407 e. The van der Waals surface area contributed by atoms with E-state index in [0.717, 1.165) is 0 Å². The molecule has 0 fully saturated rings. The van der Waals surface area contributed by atoms with Gasteiger partial charge in [0.2, 0.25) is 5.91 Å². The Bertz CT molecular complexity index is 274. The van der Waals surface area contributed by atoms with E-state index in [4.69, 9.17) is 9.47 Å². The van der Waals surface area contributed by atoms with Crippen molar-refractivity contribution in [2.75, 3.05) is 20.2 Å². The molecule has 0 aliphatic rings. The maximum atomic E-state index is 11.3. The maximum absolute atomic E-state index is 11.3. The Morgan fingerprint density at radius 1 is 1.17 bits per heavy atom. The summed E-state index contributed by atoms with van der Waals surface area (Å²) in [5.41, 5.74) is -0.494. The zero-order valence-corrected chi connectivity index (χ0v) is 11.8. The Morgan fingerprint density at radius 3 is 2.22 bits per heavy atom. The minimum Gasteiger partial charge on any atom is -0.444 e. The summed E-state index contributed by atoms with van der Waals surface area (Å²) in [7, 11) is 1.48. The summed E-state index contributed by atoms with van der Waals surface area (Å²) >= 11 is 0. The van der Waals surface area contributed by atoms with E-state index in [-0.39, 0.29) is 5.91 Å². The first-order chi connectivity index (χ1) is 8.26. The second-order valence-electron chi connectivity index (χ2n) is 4.95. The van der Waals surface area contributed by atoms with Crippen LogP contribution < -0.4 is 10.6 Å². The van der Waals surface area contributed by atoms with Gasteiger partial charge >= 0.3 is 6.09 Å². The third kappa shape index (κ3) is 8.81. The molecule has 0 saturated heterocycles. The molecule has 0 spiro atoms. The van der Waals surface area contributed by atoms with Crippen LogP contribution >= 0.6 is 0 Å². The quantitative estimate of drug-likeness (QED) is 0.700. The van der Waals surface area contributed by atoms with Crippen molar-refractivity contribution in [1.82, 2.24) is 10.6 Å². The van der Waals surface area contributed by atoms with Crippen LogP contribution in [-0.2, 0) is 14.3 Å². The predicted octanol–water partition coefficient (Wildman–Crippen LogP) is 1.05. The fourth-order valence-corrected chi connectivity index (χ4v) is 1.06. The van der Waals surface area contributed by atoms with E-state index in [2.05, 4.69) is 10.6 Å². The van der Waals surface area contributed by atoms with Gasteiger partial charge < -0.3 is 20.1 Å². The van der Waals surface area contributed by atoms with E-state index in [1.165, 1.54) is 7.11 Å². The van der Waals surface area contributed by atoms with Crippen LogP contribution in [0.25, 0.3) is 0 Å². The van der Waals surface area contributed by atoms with E-state index in [1.54, 1.807) is 27.7 Å². The predicted molar refractivity (Wildman–Crippen MR) is 68.3 cm³/mol. The summed E-state index contributed by atoms with van der Waals surface area (Å²) in [6.45, 7) is 8.03. The largest absolute Gasteiger partial charge is 0.444 e. The summed E-state index contributed by atoms with van der Waals surface area (Å²) in [6.07, 6.45) is -0.260. The summed E-state index contributed by atoms with van der Waals surface area (Å²) in [5, 5.41) is 5.31. The number of alkyl carbamates (subject to hydrolysis) is 1. The normalized spacial score (nSPS) is 12.7. The SMILES string of the molecule is COC(C)C(=O)NCCCNC(=O)OC(C)(C)C. The second kappa shape index (κ2) is 7.92. The van der Waals surface area contributed by atoms with Crippen LogP contribution in [0.3, 0.4) is 0 Å². The van der Waals surface area contributed by atoms with Crippen LogP contribution in [0.1, 0.15) is 34.1 Å². The van der Waals surface area contributed by atoms with Gasteiger partial charge in [-0.3, -0.25) is 4.79 Å². The average molecular weight is 260 g/mol. The molecule has 18 heavy (non-hydrogen) atoms. The number of ether oxygens (including phenoxy) is 2. The molecule has 0 saturated carbocycles. The first-order valence-corrected chi connectivity index (χ1v) is 6.03. The van der Waals surface area contributed by atoms with Crippen molar-refractivity contribution in [3.05, 3.63) is 0 Å². The molecule has 0 radical (unpaired) electrons. The van der Waals surface area contributed by atoms with Crippen LogP contribution in [-0.4, -0.2) is 43.9 Å². The van der Waals surface area contributed by atoms with Gasteiger partial charge in [-0.2, -0.15) is 0 Å². The summed E-state index contributed by atoms with van der Waals surface area (Å²) in [5.74, 6) is -0.158. The lowest BCUT2D eigenvalue weighted by atomic mass is 10.2. The van der Waals surface area contributed by atoms with E-state index in [1.807, 2.05) is 0 Å². The fourth-order valence-electron chi connectivity index (χ4n) is 1.06. The van der Waals surface area contributed by atoms with E-state index < -0.39 is 17.8 Å². The Labute approximate surface area is 108 Å². The van der Waals surface area contributed by atoms with Gasteiger partial charge in [0.1, 0.15) is 11.7 Å². The van der Waals surface area contributed by atoms with E-state index >= 15 is 0 Å². The summed E-state index contributed by atoms with van der Waals surface area (Å²) in [4.78, 5) is 22.6. The van der Waals surface area contributed by atoms with E-state index in [0.29, 0.717) is 19.5 Å². The zero-order valence-electron chi connectivity index (χ0n) is 11.8. The van der Waals surface area contributed by atoms with Crippen LogP contribution in [0.15, 0.2) is 0 Å². The monoisotopic (exact) mass is 260 g/mol. The number of amides is 2. The molecule has 0 aromatic heterocycles. The van der Waals surface area contributed by atoms with Crippen molar-refractivity contribution in [3.63, 3.8) is 0 Å². The van der Waals surface area contributed by atoms with Crippen LogP contribution in [0, 0.1) is 0 Å². The molecule has 0 bridgehead atoms. The van der Waals surface area contributed by atoms with Crippen LogP contribution in [0.4, 0.5) is 4.79 Å². The molecule has 6 heteroatoms. The summed E-state index contributed by atoms with van der Waals surface area (Å²) < 4.78 is 9.92. The van der Waals surface area contributed by atoms with Crippen molar-refractivity contribution in [1.29, 1.82) is 0 Å². The molecular weight excluding hydrogens is 236 g/mol. The van der Waals surface area contributed by atoms with Crippen molar-refractivity contribution in [2.45, 2.75) is 45.8 Å². The lowest BCUT2D eigenvalue weighted by Gasteiger charge is -2.19. The molecular formula is C12H24N2O4. The Kier molecular flexibility index (Phi) is 7.35. The molecule has 0 rings (SSSR count). The minimum absolute atomic E-state index is 0.158. The lowest BCUT2D eigenvalue weighted by Crippen LogP contribution is -2.37. The Hall–Kier alpha value is -1.30. The number of methoxy groups -OCH3 is 1. The van der Waals surface area contributed by atoms with E-state index in [9.17, 15) is 9.59 Å². The first kappa shape index (κ1) is 16.7. The molecule has 0 aromatic rings. The topological polar surface area (TPSA) is 76.7 Å². The van der Waals surface area contributed by atoms with Gasteiger partial charge in [0, 0.05) is 20.2 Å². The van der Waals surface area contributed by atoms with Crippen molar-refractivity contribution < 1.29 is 19.1 Å². The van der Waals surface area contributed by atoms with Gasteiger partial charge in [-0.1, -0.05) is 0 Å². The lowest BCUT2D eigenvalue weighted by molar-refractivity contribution is -0.130. The highest BCUT2D eigenvalue weighted by Crippen LogP contribution is 2.06. The first-order valence-electron chi connectivity index (χ1n) is 6.03. The molecule has 0 heterocycles. The minimum atomic E-state index is -0.494. The third-order valence-electron chi connectivity index (χ3n) is 2.04. The standard InChI is InChI=1S/C12H24N2O4/c1-9(17-5)10(15)13-7-6-8-14-11(16)18-12(2,3)4/h9H,6-8H2,1-5H3,(H,13,15)(H,14,16). The van der Waals surface area contributed by atoms with Gasteiger partial charge in [-0.05, 0) is 34.1 Å². The van der Waals surface area contributed by atoms with Crippen molar-refractivity contribution in [2.24, 2.45) is 0 Å². The Morgan fingerprint density at radius 2 is 1.72 bits per heavy atom. The van der Waals surface area contributed by atoms with Gasteiger partial charge in [-0.15, -0.1) is 0 Å². The number of hydrogen-bond acceptors (Lipinski definition) is 4. The fraction of sp³-hybridized carbons (Fsp3) is 0.833. The van der Waals surface area contributed by atoms with Crippen LogP contribution in [0.2, 0.25) is 0 Å². The average Bonchev–Trinajstić information content (AvgIpc) is 2.24. The van der Waals surface area contributed by atoms with Gasteiger partial charge in [0.15, 0.2) is 0 Å².